The van der Waals surface area contributed by atoms with Crippen molar-refractivity contribution in [1.82, 2.24) is 10.6 Å². The highest BCUT2D eigenvalue weighted by molar-refractivity contribution is 8.00. The summed E-state index contributed by atoms with van der Waals surface area (Å²) >= 11 is 2.13. The van der Waals surface area contributed by atoms with Crippen molar-refractivity contribution in [3.05, 3.63) is 0 Å². The fraction of sp³-hybridized carbons (Fsp3) is 1.00. The molecular weight excluding hydrogens is 180 g/mol. The molecule has 3 saturated heterocycles. The van der Waals surface area contributed by atoms with E-state index in [2.05, 4.69) is 36.2 Å². The highest BCUT2D eigenvalue weighted by Gasteiger charge is 2.57. The highest BCUT2D eigenvalue weighted by atomic mass is 32.2. The third-order valence-corrected chi connectivity index (χ3v) is 5.60. The summed E-state index contributed by atoms with van der Waals surface area (Å²) in [6.45, 7) is 5.96. The number of hydrogen-bond acceptors (Lipinski definition) is 3. The molecule has 3 heterocycles. The Kier molecular flexibility index (Phi) is 1.74. The Morgan fingerprint density at radius 3 is 2.77 bits per heavy atom. The molecule has 0 aromatic rings. The highest BCUT2D eigenvalue weighted by Crippen LogP contribution is 2.52. The van der Waals surface area contributed by atoms with Crippen LogP contribution < -0.4 is 10.6 Å². The van der Waals surface area contributed by atoms with Crippen LogP contribution in [0.4, 0.5) is 0 Å². The maximum atomic E-state index is 3.76. The van der Waals surface area contributed by atoms with Gasteiger partial charge in [0.05, 0.1) is 4.87 Å². The molecule has 5 unspecified atom stereocenters. The summed E-state index contributed by atoms with van der Waals surface area (Å²) in [4.78, 5) is 0.372. The zero-order valence-electron chi connectivity index (χ0n) is 8.34. The lowest BCUT2D eigenvalue weighted by atomic mass is 9.70. The van der Waals surface area contributed by atoms with Crippen molar-refractivity contribution >= 4 is 11.8 Å². The lowest BCUT2D eigenvalue weighted by Crippen LogP contribution is -2.55. The second-order valence-electron chi connectivity index (χ2n) is 5.00. The van der Waals surface area contributed by atoms with Gasteiger partial charge in [-0.15, -0.1) is 11.8 Å². The number of rotatable bonds is 1. The Bertz CT molecular complexity index is 219. The van der Waals surface area contributed by atoms with Crippen LogP contribution in [0.5, 0.6) is 0 Å². The van der Waals surface area contributed by atoms with E-state index in [4.69, 9.17) is 0 Å². The number of thioether (sulfide) groups is 1. The van der Waals surface area contributed by atoms with E-state index in [1.54, 1.807) is 0 Å². The van der Waals surface area contributed by atoms with E-state index >= 15 is 0 Å². The molecule has 0 spiro atoms. The van der Waals surface area contributed by atoms with Crippen LogP contribution in [0.2, 0.25) is 0 Å². The average molecular weight is 198 g/mol. The summed E-state index contributed by atoms with van der Waals surface area (Å²) in [6, 6.07) is 1.52. The third kappa shape index (κ3) is 1.10. The molecule has 4 fully saturated rings. The smallest absolute Gasteiger partial charge is 0.0666 e. The SMILES string of the molecule is CC1CSC(C)(C2C3CNC2C3)N1. The molecule has 2 nitrogen and oxygen atoms in total. The van der Waals surface area contributed by atoms with Gasteiger partial charge in [0.2, 0.25) is 0 Å². The van der Waals surface area contributed by atoms with Crippen molar-refractivity contribution in [2.75, 3.05) is 12.3 Å². The lowest BCUT2D eigenvalue weighted by Gasteiger charge is -2.45. The minimum absolute atomic E-state index is 0.372. The van der Waals surface area contributed by atoms with Crippen molar-refractivity contribution in [3.63, 3.8) is 0 Å². The van der Waals surface area contributed by atoms with Gasteiger partial charge in [-0.25, -0.2) is 0 Å². The van der Waals surface area contributed by atoms with Crippen molar-refractivity contribution in [3.8, 4) is 0 Å². The molecule has 13 heavy (non-hydrogen) atoms. The van der Waals surface area contributed by atoms with Crippen LogP contribution in [0, 0.1) is 11.8 Å². The first kappa shape index (κ1) is 8.57. The average Bonchev–Trinajstić information content (AvgIpc) is 2.63. The summed E-state index contributed by atoms with van der Waals surface area (Å²) in [5, 5.41) is 7.36. The van der Waals surface area contributed by atoms with Crippen molar-refractivity contribution in [2.45, 2.75) is 37.2 Å². The van der Waals surface area contributed by atoms with Crippen LogP contribution in [0.3, 0.4) is 0 Å². The summed E-state index contributed by atoms with van der Waals surface area (Å²) in [6.07, 6.45) is 1.43. The monoisotopic (exact) mass is 198 g/mol. The Balaban J connectivity index is 1.78. The molecule has 0 radical (unpaired) electrons. The van der Waals surface area contributed by atoms with E-state index in [9.17, 15) is 0 Å². The quantitative estimate of drug-likeness (QED) is 0.658. The van der Waals surface area contributed by atoms with Gasteiger partial charge in [-0.3, -0.25) is 5.32 Å². The number of hydrogen-bond donors (Lipinski definition) is 2. The van der Waals surface area contributed by atoms with E-state index in [-0.39, 0.29) is 0 Å². The first-order valence-electron chi connectivity index (χ1n) is 5.34. The Morgan fingerprint density at radius 1 is 1.46 bits per heavy atom. The van der Waals surface area contributed by atoms with Gasteiger partial charge in [-0.05, 0) is 32.7 Å². The summed E-state index contributed by atoms with van der Waals surface area (Å²) in [5.74, 6) is 3.13. The zero-order valence-corrected chi connectivity index (χ0v) is 9.16. The van der Waals surface area contributed by atoms with E-state index in [0.29, 0.717) is 10.9 Å². The van der Waals surface area contributed by atoms with Gasteiger partial charge >= 0.3 is 0 Å². The number of nitrogens with one attached hydrogen (secondary N) is 2. The molecule has 0 aromatic heterocycles. The van der Waals surface area contributed by atoms with Gasteiger partial charge in [0.25, 0.3) is 0 Å². The van der Waals surface area contributed by atoms with Crippen LogP contribution >= 0.6 is 11.8 Å². The van der Waals surface area contributed by atoms with Crippen molar-refractivity contribution in [1.29, 1.82) is 0 Å². The molecule has 3 heteroatoms. The molecule has 0 amide bonds. The molecule has 4 rings (SSSR count). The maximum Gasteiger partial charge on any atom is 0.0666 e. The predicted molar refractivity (Wildman–Crippen MR) is 56.8 cm³/mol. The molecule has 1 aliphatic carbocycles. The van der Waals surface area contributed by atoms with Gasteiger partial charge in [0.1, 0.15) is 0 Å². The lowest BCUT2D eigenvalue weighted by molar-refractivity contribution is 0.145. The van der Waals surface area contributed by atoms with E-state index < -0.39 is 0 Å². The summed E-state index contributed by atoms with van der Waals surface area (Å²) < 4.78 is 0. The van der Waals surface area contributed by atoms with E-state index in [1.165, 1.54) is 18.7 Å². The Morgan fingerprint density at radius 2 is 2.31 bits per heavy atom. The van der Waals surface area contributed by atoms with Gasteiger partial charge < -0.3 is 5.32 Å². The van der Waals surface area contributed by atoms with Crippen LogP contribution in [-0.4, -0.2) is 29.3 Å². The molecule has 1 saturated carbocycles. The number of fused-ring (bicyclic) bond motifs is 1. The molecule has 0 aromatic carbocycles. The first-order valence-corrected chi connectivity index (χ1v) is 6.32. The molecule has 2 N–H and O–H groups in total. The molecular formula is C10H18N2S. The normalized spacial score (nSPS) is 59.5. The van der Waals surface area contributed by atoms with Gasteiger partial charge in [-0.2, -0.15) is 0 Å². The van der Waals surface area contributed by atoms with Gasteiger partial charge in [0.15, 0.2) is 0 Å². The topological polar surface area (TPSA) is 24.1 Å². The maximum absolute atomic E-state index is 3.76. The third-order valence-electron chi connectivity index (χ3n) is 3.94. The Hall–Kier alpha value is 0.270. The Labute approximate surface area is 84.2 Å². The van der Waals surface area contributed by atoms with E-state index in [0.717, 1.165) is 17.9 Å². The predicted octanol–water partition coefficient (Wildman–Crippen LogP) is 1.04. The largest absolute Gasteiger partial charge is 0.313 e. The summed E-state index contributed by atoms with van der Waals surface area (Å²) in [5.41, 5.74) is 0. The van der Waals surface area contributed by atoms with Crippen LogP contribution in [0.15, 0.2) is 0 Å². The second-order valence-corrected chi connectivity index (χ2v) is 6.47. The standard InChI is InChI=1S/C10H18N2S/c1-6-5-13-10(2,12-6)9-7-3-8(9)11-4-7/h6-9,11-12H,3-5H2,1-2H3. The van der Waals surface area contributed by atoms with Gasteiger partial charge in [0, 0.05) is 23.8 Å². The van der Waals surface area contributed by atoms with Crippen molar-refractivity contribution in [2.24, 2.45) is 11.8 Å². The fourth-order valence-electron chi connectivity index (χ4n) is 3.37. The zero-order chi connectivity index (χ0) is 9.05. The first-order chi connectivity index (χ1) is 6.19. The van der Waals surface area contributed by atoms with Crippen LogP contribution in [-0.2, 0) is 0 Å². The molecule has 2 bridgehead atoms. The minimum atomic E-state index is 0.372. The van der Waals surface area contributed by atoms with Crippen LogP contribution in [0.25, 0.3) is 0 Å². The van der Waals surface area contributed by atoms with Crippen molar-refractivity contribution < 1.29 is 0 Å². The minimum Gasteiger partial charge on any atom is -0.313 e. The molecule has 3 aliphatic heterocycles. The molecule has 4 aliphatic rings. The summed E-state index contributed by atoms with van der Waals surface area (Å²) in [7, 11) is 0. The van der Waals surface area contributed by atoms with Crippen LogP contribution in [0.1, 0.15) is 20.3 Å². The fourth-order valence-corrected chi connectivity index (χ4v) is 4.89. The molecule has 74 valence electrons. The van der Waals surface area contributed by atoms with E-state index in [1.807, 2.05) is 0 Å². The molecule has 5 atom stereocenters. The van der Waals surface area contributed by atoms with Gasteiger partial charge in [-0.1, -0.05) is 0 Å². The second kappa shape index (κ2) is 2.65.